The van der Waals surface area contributed by atoms with Crippen molar-refractivity contribution in [3.05, 3.63) is 33.8 Å². The molecule has 1 aliphatic heterocycles. The summed E-state index contributed by atoms with van der Waals surface area (Å²) in [7, 11) is 0. The lowest BCUT2D eigenvalue weighted by Gasteiger charge is -2.31. The van der Waals surface area contributed by atoms with Crippen LogP contribution in [0.15, 0.2) is 18.2 Å². The molecule has 0 unspecified atom stereocenters. The fourth-order valence-electron chi connectivity index (χ4n) is 2.36. The molecule has 0 saturated carbocycles. The zero-order valence-corrected chi connectivity index (χ0v) is 13.8. The van der Waals surface area contributed by atoms with Gasteiger partial charge in [-0.05, 0) is 38.0 Å². The van der Waals surface area contributed by atoms with Crippen molar-refractivity contribution in [1.82, 2.24) is 10.2 Å². The molecule has 7 heteroatoms. The highest BCUT2D eigenvalue weighted by Crippen LogP contribution is 2.21. The molecule has 1 aliphatic rings. The first-order valence-electron chi connectivity index (χ1n) is 7.19. The number of piperidine rings is 1. The Bertz CT molecular complexity index is 558. The molecule has 120 valence electrons. The van der Waals surface area contributed by atoms with Gasteiger partial charge >= 0.3 is 6.09 Å². The molecule has 1 fully saturated rings. The number of nitrogens with zero attached hydrogens (tertiary/aromatic N) is 1. The largest absolute Gasteiger partial charge is 0.450 e. The first kappa shape index (κ1) is 16.9. The molecule has 22 heavy (non-hydrogen) atoms. The fraction of sp³-hybridized carbons (Fsp3) is 0.467. The Balaban J connectivity index is 1.89. The molecule has 0 aliphatic carbocycles. The Kier molecular flexibility index (Phi) is 5.91. The summed E-state index contributed by atoms with van der Waals surface area (Å²) < 4.78 is 4.96. The number of carbonyl (C=O) groups excluding carboxylic acids is 2. The van der Waals surface area contributed by atoms with Crippen LogP contribution >= 0.6 is 23.2 Å². The standard InChI is InChI=1S/C15H18Cl2N2O3/c1-2-22-15(21)19-7-5-11(6-8-19)18-14(20)12-9-10(16)3-4-13(12)17/h3-4,9,11H,2,5-8H2,1H3,(H,18,20). The minimum atomic E-state index is -0.301. The zero-order valence-electron chi connectivity index (χ0n) is 12.3. The fourth-order valence-corrected chi connectivity index (χ4v) is 2.73. The molecule has 2 rings (SSSR count). The lowest BCUT2D eigenvalue weighted by atomic mass is 10.0. The van der Waals surface area contributed by atoms with E-state index in [-0.39, 0.29) is 18.0 Å². The zero-order chi connectivity index (χ0) is 16.1. The molecule has 1 heterocycles. The molecule has 1 N–H and O–H groups in total. The van der Waals surface area contributed by atoms with E-state index < -0.39 is 0 Å². The number of amides is 2. The van der Waals surface area contributed by atoms with E-state index >= 15 is 0 Å². The van der Waals surface area contributed by atoms with Gasteiger partial charge in [-0.15, -0.1) is 0 Å². The lowest BCUT2D eigenvalue weighted by Crippen LogP contribution is -2.46. The van der Waals surface area contributed by atoms with Crippen LogP contribution in [0.1, 0.15) is 30.1 Å². The van der Waals surface area contributed by atoms with Crippen LogP contribution in [-0.4, -0.2) is 42.6 Å². The van der Waals surface area contributed by atoms with E-state index in [1.54, 1.807) is 30.0 Å². The van der Waals surface area contributed by atoms with Gasteiger partial charge in [-0.2, -0.15) is 0 Å². The van der Waals surface area contributed by atoms with Crippen molar-refractivity contribution in [1.29, 1.82) is 0 Å². The molecule has 5 nitrogen and oxygen atoms in total. The molecule has 0 atom stereocenters. The molecule has 0 radical (unpaired) electrons. The average Bonchev–Trinajstić information content (AvgIpc) is 2.50. The quantitative estimate of drug-likeness (QED) is 0.914. The highest BCUT2D eigenvalue weighted by molar-refractivity contribution is 6.35. The number of likely N-dealkylation sites (tertiary alicyclic amines) is 1. The second kappa shape index (κ2) is 7.70. The van der Waals surface area contributed by atoms with E-state index in [1.165, 1.54) is 0 Å². The Morgan fingerprint density at radius 2 is 2.00 bits per heavy atom. The van der Waals surface area contributed by atoms with Gasteiger partial charge in [-0.25, -0.2) is 4.79 Å². The number of halogens is 2. The highest BCUT2D eigenvalue weighted by atomic mass is 35.5. The van der Waals surface area contributed by atoms with Crippen molar-refractivity contribution in [2.24, 2.45) is 0 Å². The van der Waals surface area contributed by atoms with E-state index in [0.29, 0.717) is 48.1 Å². The van der Waals surface area contributed by atoms with E-state index in [1.807, 2.05) is 0 Å². The minimum absolute atomic E-state index is 0.00762. The summed E-state index contributed by atoms with van der Waals surface area (Å²) in [6.45, 7) is 3.27. The van der Waals surface area contributed by atoms with Crippen LogP contribution in [0, 0.1) is 0 Å². The van der Waals surface area contributed by atoms with Gasteiger partial charge in [-0.1, -0.05) is 23.2 Å². The van der Waals surface area contributed by atoms with E-state index in [9.17, 15) is 9.59 Å². The normalized spacial score (nSPS) is 15.5. The van der Waals surface area contributed by atoms with Gasteiger partial charge in [0.25, 0.3) is 5.91 Å². The number of benzene rings is 1. The molecule has 0 aromatic heterocycles. The maximum absolute atomic E-state index is 12.2. The number of ether oxygens (including phenoxy) is 1. The van der Waals surface area contributed by atoms with Gasteiger partial charge in [0.1, 0.15) is 0 Å². The molecule has 2 amide bonds. The van der Waals surface area contributed by atoms with Crippen LogP contribution in [-0.2, 0) is 4.74 Å². The van der Waals surface area contributed by atoms with Crippen LogP contribution in [0.3, 0.4) is 0 Å². The number of hydrogen-bond acceptors (Lipinski definition) is 3. The first-order valence-corrected chi connectivity index (χ1v) is 7.94. The van der Waals surface area contributed by atoms with Crippen molar-refractivity contribution in [2.45, 2.75) is 25.8 Å². The maximum atomic E-state index is 12.2. The topological polar surface area (TPSA) is 58.6 Å². The summed E-state index contributed by atoms with van der Waals surface area (Å²) in [5.74, 6) is -0.248. The molecule has 0 spiro atoms. The predicted molar refractivity (Wildman–Crippen MR) is 85.5 cm³/mol. The summed E-state index contributed by atoms with van der Waals surface area (Å²) in [5.41, 5.74) is 0.363. The van der Waals surface area contributed by atoms with Crippen LogP contribution in [0.5, 0.6) is 0 Å². The summed E-state index contributed by atoms with van der Waals surface area (Å²) in [4.78, 5) is 25.5. The number of hydrogen-bond donors (Lipinski definition) is 1. The van der Waals surface area contributed by atoms with Crippen LogP contribution in [0.4, 0.5) is 4.79 Å². The summed E-state index contributed by atoms with van der Waals surface area (Å²) >= 11 is 11.9. The maximum Gasteiger partial charge on any atom is 0.409 e. The van der Waals surface area contributed by atoms with Crippen LogP contribution in [0.25, 0.3) is 0 Å². The summed E-state index contributed by atoms with van der Waals surface area (Å²) in [6, 6.07) is 4.79. The molecule has 1 aromatic rings. The van der Waals surface area contributed by atoms with E-state index in [2.05, 4.69) is 5.32 Å². The van der Waals surface area contributed by atoms with Crippen LogP contribution < -0.4 is 5.32 Å². The highest BCUT2D eigenvalue weighted by Gasteiger charge is 2.25. The van der Waals surface area contributed by atoms with Crippen molar-refractivity contribution in [2.75, 3.05) is 19.7 Å². The van der Waals surface area contributed by atoms with Gasteiger partial charge in [0.15, 0.2) is 0 Å². The first-order chi connectivity index (χ1) is 10.5. The van der Waals surface area contributed by atoms with Gasteiger partial charge in [0.2, 0.25) is 0 Å². The van der Waals surface area contributed by atoms with Gasteiger partial charge in [0, 0.05) is 24.2 Å². The molecular weight excluding hydrogens is 327 g/mol. The van der Waals surface area contributed by atoms with E-state index in [0.717, 1.165) is 0 Å². The second-order valence-corrected chi connectivity index (χ2v) is 5.90. The number of nitrogens with one attached hydrogen (secondary N) is 1. The number of carbonyl (C=O) groups is 2. The van der Waals surface area contributed by atoms with E-state index in [4.69, 9.17) is 27.9 Å². The molecule has 0 bridgehead atoms. The summed E-state index contributed by atoms with van der Waals surface area (Å²) in [6.07, 6.45) is 1.07. The Hall–Kier alpha value is -1.46. The van der Waals surface area contributed by atoms with Gasteiger partial charge < -0.3 is 15.0 Å². The van der Waals surface area contributed by atoms with Crippen molar-refractivity contribution in [3.8, 4) is 0 Å². The second-order valence-electron chi connectivity index (χ2n) is 5.06. The molecular formula is C15H18Cl2N2O3. The minimum Gasteiger partial charge on any atom is -0.450 e. The smallest absolute Gasteiger partial charge is 0.409 e. The third-order valence-corrected chi connectivity index (χ3v) is 4.09. The van der Waals surface area contributed by atoms with Crippen molar-refractivity contribution in [3.63, 3.8) is 0 Å². The molecule has 1 aromatic carbocycles. The average molecular weight is 345 g/mol. The van der Waals surface area contributed by atoms with Crippen LogP contribution in [0.2, 0.25) is 10.0 Å². The third-order valence-electron chi connectivity index (χ3n) is 3.53. The van der Waals surface area contributed by atoms with Crippen molar-refractivity contribution >= 4 is 35.2 Å². The molecule has 1 saturated heterocycles. The third kappa shape index (κ3) is 4.27. The van der Waals surface area contributed by atoms with Gasteiger partial charge in [0.05, 0.1) is 17.2 Å². The lowest BCUT2D eigenvalue weighted by molar-refractivity contribution is 0.0860. The Morgan fingerprint density at radius 1 is 1.32 bits per heavy atom. The van der Waals surface area contributed by atoms with Gasteiger partial charge in [-0.3, -0.25) is 4.79 Å². The Morgan fingerprint density at radius 3 is 2.64 bits per heavy atom. The summed E-state index contributed by atoms with van der Waals surface area (Å²) in [5, 5.41) is 3.76. The predicted octanol–water partition coefficient (Wildman–Crippen LogP) is 3.34. The van der Waals surface area contributed by atoms with Crippen molar-refractivity contribution < 1.29 is 14.3 Å². The SMILES string of the molecule is CCOC(=O)N1CCC(NC(=O)c2cc(Cl)ccc2Cl)CC1. The monoisotopic (exact) mass is 344 g/mol. The Labute approximate surface area is 139 Å². The number of rotatable bonds is 3.